The van der Waals surface area contributed by atoms with Gasteiger partial charge in [0, 0.05) is 10.6 Å². The number of aromatic amines is 1. The van der Waals surface area contributed by atoms with E-state index >= 15 is 0 Å². The van der Waals surface area contributed by atoms with Crippen LogP contribution in [0.2, 0.25) is 10.0 Å². The van der Waals surface area contributed by atoms with Crippen molar-refractivity contribution in [2.24, 2.45) is 0 Å². The van der Waals surface area contributed by atoms with Gasteiger partial charge in [-0.15, -0.1) is 11.3 Å². The average molecular weight is 411 g/mol. The minimum Gasteiger partial charge on any atom is -0.453 e. The second-order valence-electron chi connectivity index (χ2n) is 5.51. The van der Waals surface area contributed by atoms with Crippen molar-refractivity contribution in [1.82, 2.24) is 9.97 Å². The largest absolute Gasteiger partial charge is 0.453 e. The van der Waals surface area contributed by atoms with Gasteiger partial charge in [0.05, 0.1) is 10.4 Å². The van der Waals surface area contributed by atoms with Gasteiger partial charge >= 0.3 is 5.97 Å². The number of aryl methyl sites for hydroxylation is 2. The molecule has 0 spiro atoms. The Morgan fingerprint density at radius 3 is 2.69 bits per heavy atom. The number of carbonyl (C=O) groups is 2. The van der Waals surface area contributed by atoms with E-state index in [9.17, 15) is 14.4 Å². The van der Waals surface area contributed by atoms with Crippen molar-refractivity contribution < 1.29 is 14.3 Å². The van der Waals surface area contributed by atoms with E-state index in [1.54, 1.807) is 13.8 Å². The Morgan fingerprint density at radius 1 is 1.27 bits per heavy atom. The highest BCUT2D eigenvalue weighted by Gasteiger charge is 2.21. The molecule has 0 aliphatic carbocycles. The van der Waals surface area contributed by atoms with Crippen LogP contribution in [-0.4, -0.2) is 28.3 Å². The molecule has 26 heavy (non-hydrogen) atoms. The van der Waals surface area contributed by atoms with Crippen molar-refractivity contribution in [3.63, 3.8) is 0 Å². The Bertz CT molecular complexity index is 1100. The maximum absolute atomic E-state index is 12.3. The predicted molar refractivity (Wildman–Crippen MR) is 101 cm³/mol. The maximum atomic E-state index is 12.3. The molecule has 0 unspecified atom stereocenters. The molecule has 0 saturated heterocycles. The Kier molecular flexibility index (Phi) is 5.13. The molecule has 6 nitrogen and oxygen atoms in total. The summed E-state index contributed by atoms with van der Waals surface area (Å²) in [6.07, 6.45) is 0. The summed E-state index contributed by atoms with van der Waals surface area (Å²) in [5.74, 6) is -0.692. The highest BCUT2D eigenvalue weighted by atomic mass is 35.5. The van der Waals surface area contributed by atoms with Crippen LogP contribution in [0.3, 0.4) is 0 Å². The van der Waals surface area contributed by atoms with Gasteiger partial charge in [0.2, 0.25) is 5.78 Å². The molecular formula is C17H12Cl2N2O4S. The highest BCUT2D eigenvalue weighted by Crippen LogP contribution is 2.28. The SMILES string of the molecule is Cc1nc2sc(C(=O)OCC(=O)c3ccc(Cl)cc3Cl)c(C)c2c(=O)[nH]1. The summed E-state index contributed by atoms with van der Waals surface area (Å²) >= 11 is 12.8. The number of thiophene rings is 1. The van der Waals surface area contributed by atoms with Crippen LogP contribution in [0.25, 0.3) is 10.2 Å². The first-order valence-corrected chi connectivity index (χ1v) is 9.00. The lowest BCUT2D eigenvalue weighted by molar-refractivity contribution is 0.0479. The van der Waals surface area contributed by atoms with Gasteiger partial charge in [-0.05, 0) is 37.6 Å². The number of hydrogen-bond acceptors (Lipinski definition) is 6. The number of Topliss-reactive ketones (excluding diaryl/α,β-unsaturated/α-hetero) is 1. The average Bonchev–Trinajstić information content (AvgIpc) is 2.89. The van der Waals surface area contributed by atoms with Crippen molar-refractivity contribution in [2.45, 2.75) is 13.8 Å². The molecular weight excluding hydrogens is 399 g/mol. The summed E-state index contributed by atoms with van der Waals surface area (Å²) in [5.41, 5.74) is 0.371. The van der Waals surface area contributed by atoms with E-state index in [0.29, 0.717) is 26.6 Å². The molecule has 2 aromatic heterocycles. The standard InChI is InChI=1S/C17H12Cl2N2O4S/c1-7-13-15(23)20-8(2)21-16(13)26-14(7)17(24)25-6-12(22)10-4-3-9(18)5-11(10)19/h3-5H,6H2,1-2H3,(H,20,21,23). The molecule has 9 heteroatoms. The zero-order chi connectivity index (χ0) is 19.0. The minimum atomic E-state index is -0.694. The molecule has 0 aliphatic heterocycles. The Labute approximate surface area is 161 Å². The first kappa shape index (κ1) is 18.6. The lowest BCUT2D eigenvalue weighted by atomic mass is 10.1. The fourth-order valence-corrected chi connectivity index (χ4v) is 4.07. The number of ether oxygens (including phenoxy) is 1. The molecule has 2 heterocycles. The Hall–Kier alpha value is -2.22. The third-order valence-corrected chi connectivity index (χ3v) is 5.38. The number of fused-ring (bicyclic) bond motifs is 1. The van der Waals surface area contributed by atoms with Crippen LogP contribution in [0, 0.1) is 13.8 Å². The van der Waals surface area contributed by atoms with Gasteiger partial charge in [-0.3, -0.25) is 9.59 Å². The Balaban J connectivity index is 1.81. The van der Waals surface area contributed by atoms with Crippen LogP contribution < -0.4 is 5.56 Å². The molecule has 0 bridgehead atoms. The summed E-state index contributed by atoms with van der Waals surface area (Å²) in [6.45, 7) is 2.82. The predicted octanol–water partition coefficient (Wildman–Crippen LogP) is 3.95. The lowest BCUT2D eigenvalue weighted by Gasteiger charge is -2.05. The molecule has 134 valence electrons. The molecule has 0 amide bonds. The van der Waals surface area contributed by atoms with Crippen LogP contribution in [0.1, 0.15) is 31.4 Å². The fourth-order valence-electron chi connectivity index (χ4n) is 2.44. The number of carbonyl (C=O) groups excluding carboxylic acids is 2. The number of nitrogens with one attached hydrogen (secondary N) is 1. The van der Waals surface area contributed by atoms with Gasteiger partial charge in [-0.1, -0.05) is 23.2 Å². The van der Waals surface area contributed by atoms with Crippen molar-refractivity contribution in [1.29, 1.82) is 0 Å². The quantitative estimate of drug-likeness (QED) is 0.519. The molecule has 0 aliphatic rings. The number of H-pyrrole nitrogens is 1. The van der Waals surface area contributed by atoms with Gasteiger partial charge in [0.1, 0.15) is 15.5 Å². The van der Waals surface area contributed by atoms with Crippen LogP contribution in [0.4, 0.5) is 0 Å². The van der Waals surface area contributed by atoms with Crippen LogP contribution in [0.5, 0.6) is 0 Å². The third-order valence-electron chi connectivity index (χ3n) is 3.67. The van der Waals surface area contributed by atoms with E-state index in [0.717, 1.165) is 11.3 Å². The number of hydrogen-bond donors (Lipinski definition) is 1. The number of nitrogens with zero attached hydrogens (tertiary/aromatic N) is 1. The number of rotatable bonds is 4. The van der Waals surface area contributed by atoms with Crippen molar-refractivity contribution >= 4 is 56.5 Å². The normalized spacial score (nSPS) is 10.9. The van der Waals surface area contributed by atoms with Crippen LogP contribution in [0.15, 0.2) is 23.0 Å². The summed E-state index contributed by atoms with van der Waals surface area (Å²) in [5, 5.41) is 0.930. The second kappa shape index (κ2) is 7.19. The van der Waals surface area contributed by atoms with E-state index in [-0.39, 0.29) is 21.0 Å². The molecule has 0 atom stereocenters. The van der Waals surface area contributed by atoms with Crippen LogP contribution in [-0.2, 0) is 4.74 Å². The topological polar surface area (TPSA) is 89.1 Å². The van der Waals surface area contributed by atoms with E-state index in [1.807, 2.05) is 0 Å². The van der Waals surface area contributed by atoms with Crippen molar-refractivity contribution in [3.05, 3.63) is 60.4 Å². The number of benzene rings is 1. The second-order valence-corrected chi connectivity index (χ2v) is 7.35. The summed E-state index contributed by atoms with van der Waals surface area (Å²) in [6, 6.07) is 4.44. The molecule has 0 saturated carbocycles. The van der Waals surface area contributed by atoms with Gasteiger partial charge in [-0.2, -0.15) is 0 Å². The number of esters is 1. The highest BCUT2D eigenvalue weighted by molar-refractivity contribution is 7.20. The van der Waals surface area contributed by atoms with E-state index in [1.165, 1.54) is 18.2 Å². The van der Waals surface area contributed by atoms with E-state index < -0.39 is 18.4 Å². The number of ketones is 1. The molecule has 3 aromatic rings. The fraction of sp³-hybridized carbons (Fsp3) is 0.176. The molecule has 0 fully saturated rings. The van der Waals surface area contributed by atoms with Gasteiger partial charge in [0.25, 0.3) is 5.56 Å². The monoisotopic (exact) mass is 410 g/mol. The zero-order valence-electron chi connectivity index (χ0n) is 13.7. The van der Waals surface area contributed by atoms with Gasteiger partial charge in [0.15, 0.2) is 6.61 Å². The maximum Gasteiger partial charge on any atom is 0.349 e. The van der Waals surface area contributed by atoms with Gasteiger partial charge < -0.3 is 9.72 Å². The lowest BCUT2D eigenvalue weighted by Crippen LogP contribution is -2.15. The minimum absolute atomic E-state index is 0.183. The molecule has 3 rings (SSSR count). The van der Waals surface area contributed by atoms with E-state index in [4.69, 9.17) is 27.9 Å². The summed E-state index contributed by atoms with van der Waals surface area (Å²) in [4.78, 5) is 44.1. The van der Waals surface area contributed by atoms with Crippen LogP contribution >= 0.6 is 34.5 Å². The third kappa shape index (κ3) is 3.51. The molecule has 1 aromatic carbocycles. The summed E-state index contributed by atoms with van der Waals surface area (Å²) in [7, 11) is 0. The van der Waals surface area contributed by atoms with Gasteiger partial charge in [-0.25, -0.2) is 9.78 Å². The number of aromatic nitrogens is 2. The first-order valence-electron chi connectivity index (χ1n) is 7.43. The molecule has 1 N–H and O–H groups in total. The smallest absolute Gasteiger partial charge is 0.349 e. The first-order chi connectivity index (χ1) is 12.3. The molecule has 0 radical (unpaired) electrons. The van der Waals surface area contributed by atoms with Crippen molar-refractivity contribution in [3.8, 4) is 0 Å². The summed E-state index contributed by atoms with van der Waals surface area (Å²) < 4.78 is 5.10. The number of halogens is 2. The van der Waals surface area contributed by atoms with E-state index in [2.05, 4.69) is 9.97 Å². The Morgan fingerprint density at radius 2 is 2.00 bits per heavy atom. The van der Waals surface area contributed by atoms with Crippen molar-refractivity contribution in [2.75, 3.05) is 6.61 Å². The zero-order valence-corrected chi connectivity index (χ0v) is 16.0.